The van der Waals surface area contributed by atoms with E-state index >= 15 is 0 Å². The molecule has 0 N–H and O–H groups in total. The van der Waals surface area contributed by atoms with Gasteiger partial charge in [-0.15, -0.1) is 0 Å². The van der Waals surface area contributed by atoms with Gasteiger partial charge in [0.1, 0.15) is 5.82 Å². The Morgan fingerprint density at radius 3 is 1.35 bits per heavy atom. The van der Waals surface area contributed by atoms with Crippen molar-refractivity contribution in [2.24, 2.45) is 0 Å². The van der Waals surface area contributed by atoms with Crippen LogP contribution in [0.2, 0.25) is 5.02 Å². The third kappa shape index (κ3) is 4.81. The summed E-state index contributed by atoms with van der Waals surface area (Å²) in [5.41, 5.74) is 3.99. The van der Waals surface area contributed by atoms with Crippen LogP contribution in [-0.4, -0.2) is 0 Å². The molecule has 0 heterocycles. The van der Waals surface area contributed by atoms with Crippen LogP contribution in [0.4, 0.5) is 4.39 Å². The highest BCUT2D eigenvalue weighted by atomic mass is 35.5. The summed E-state index contributed by atoms with van der Waals surface area (Å²) in [6.07, 6.45) is 0. The Labute approximate surface area is 158 Å². The molecule has 0 nitrogen and oxygen atoms in total. The van der Waals surface area contributed by atoms with Gasteiger partial charge in [0, 0.05) is 10.6 Å². The molecule has 0 spiro atoms. The first kappa shape index (κ1) is 17.9. The first-order chi connectivity index (χ1) is 12.7. The van der Waals surface area contributed by atoms with Crippen molar-refractivity contribution in [2.75, 3.05) is 0 Å². The highest BCUT2D eigenvalue weighted by molar-refractivity contribution is 6.30. The smallest absolute Gasteiger partial charge is 0.132 e. The molecule has 128 valence electrons. The van der Waals surface area contributed by atoms with Crippen molar-refractivity contribution in [2.45, 2.75) is 0 Å². The molecule has 0 fully saturated rings. The Bertz CT molecular complexity index is 898. The van der Waals surface area contributed by atoms with Gasteiger partial charge >= 0.3 is 0 Å². The van der Waals surface area contributed by atoms with E-state index in [0.29, 0.717) is 10.6 Å². The van der Waals surface area contributed by atoms with Crippen molar-refractivity contribution in [1.29, 1.82) is 0 Å². The molecule has 0 unspecified atom stereocenters. The van der Waals surface area contributed by atoms with Crippen LogP contribution in [0.5, 0.6) is 0 Å². The summed E-state index contributed by atoms with van der Waals surface area (Å²) >= 11 is 5.66. The van der Waals surface area contributed by atoms with Crippen molar-refractivity contribution in [1.82, 2.24) is 0 Å². The van der Waals surface area contributed by atoms with Crippen LogP contribution in [0.3, 0.4) is 0 Å². The van der Waals surface area contributed by atoms with Gasteiger partial charge in [-0.2, -0.15) is 0 Å². The van der Waals surface area contributed by atoms with Crippen LogP contribution in [0.1, 0.15) is 0 Å². The highest BCUT2D eigenvalue weighted by Crippen LogP contribution is 2.24. The third-order valence-electron chi connectivity index (χ3n) is 3.90. The van der Waals surface area contributed by atoms with Gasteiger partial charge in [0.25, 0.3) is 0 Å². The fraction of sp³-hybridized carbons (Fsp3) is 0. The summed E-state index contributed by atoms with van der Waals surface area (Å²) in [6, 6.07) is 34.9. The van der Waals surface area contributed by atoms with E-state index < -0.39 is 0 Å². The van der Waals surface area contributed by atoms with Gasteiger partial charge in [0.05, 0.1) is 0 Å². The molecule has 0 saturated carbocycles. The van der Waals surface area contributed by atoms with Crippen molar-refractivity contribution >= 4 is 11.6 Å². The molecule has 0 bridgehead atoms. The molecule has 0 saturated heterocycles. The standard InChI is InChI=1S/C12H8ClF.C12H10/c13-10-6-7-11(12(14)8-10)9-4-2-1-3-5-9;1-3-7-11(8-4-1)12-9-5-2-6-10-12/h1-8H;1-10H. The number of benzene rings is 4. The van der Waals surface area contributed by atoms with E-state index in [1.807, 2.05) is 42.5 Å². The predicted molar refractivity (Wildman–Crippen MR) is 109 cm³/mol. The van der Waals surface area contributed by atoms with Crippen molar-refractivity contribution < 1.29 is 4.39 Å². The normalized spacial score (nSPS) is 9.92. The van der Waals surface area contributed by atoms with Gasteiger partial charge in [-0.1, -0.05) is 103 Å². The van der Waals surface area contributed by atoms with Crippen LogP contribution in [0.25, 0.3) is 22.3 Å². The topological polar surface area (TPSA) is 0 Å². The number of halogens is 2. The molecule has 4 aromatic carbocycles. The molecule has 26 heavy (non-hydrogen) atoms. The predicted octanol–water partition coefficient (Wildman–Crippen LogP) is 7.50. The minimum absolute atomic E-state index is 0.288. The fourth-order valence-corrected chi connectivity index (χ4v) is 2.76. The second-order valence-corrected chi connectivity index (χ2v) is 6.16. The Balaban J connectivity index is 0.000000152. The maximum absolute atomic E-state index is 13.5. The maximum atomic E-state index is 13.5. The molecular weight excluding hydrogens is 343 g/mol. The molecule has 4 rings (SSSR count). The SMILES string of the molecule is Fc1cc(Cl)ccc1-c1ccccc1.c1ccc(-c2ccccc2)cc1. The fourth-order valence-electron chi connectivity index (χ4n) is 2.60. The average molecular weight is 361 g/mol. The van der Waals surface area contributed by atoms with E-state index in [1.54, 1.807) is 12.1 Å². The summed E-state index contributed by atoms with van der Waals surface area (Å²) in [4.78, 5) is 0. The van der Waals surface area contributed by atoms with Gasteiger partial charge in [-0.05, 0) is 34.9 Å². The highest BCUT2D eigenvalue weighted by Gasteiger charge is 2.04. The summed E-state index contributed by atoms with van der Waals surface area (Å²) < 4.78 is 13.5. The Kier molecular flexibility index (Phi) is 6.19. The molecule has 0 radical (unpaired) electrons. The minimum atomic E-state index is -0.288. The van der Waals surface area contributed by atoms with Crippen LogP contribution in [0, 0.1) is 5.82 Å². The molecule has 0 amide bonds. The minimum Gasteiger partial charge on any atom is -0.206 e. The molecule has 0 aliphatic rings. The van der Waals surface area contributed by atoms with Gasteiger partial charge in [0.15, 0.2) is 0 Å². The zero-order valence-corrected chi connectivity index (χ0v) is 14.9. The lowest BCUT2D eigenvalue weighted by molar-refractivity contribution is 0.631. The lowest BCUT2D eigenvalue weighted by Crippen LogP contribution is -1.83. The third-order valence-corrected chi connectivity index (χ3v) is 4.13. The van der Waals surface area contributed by atoms with Gasteiger partial charge in [-0.3, -0.25) is 0 Å². The van der Waals surface area contributed by atoms with Crippen LogP contribution < -0.4 is 0 Å². The number of hydrogen-bond acceptors (Lipinski definition) is 0. The summed E-state index contributed by atoms with van der Waals surface area (Å²) in [5.74, 6) is -0.288. The van der Waals surface area contributed by atoms with Gasteiger partial charge in [-0.25, -0.2) is 4.39 Å². The molecule has 0 atom stereocenters. The Morgan fingerprint density at radius 2 is 0.923 bits per heavy atom. The zero-order valence-electron chi connectivity index (χ0n) is 14.1. The number of rotatable bonds is 2. The van der Waals surface area contributed by atoms with E-state index in [1.165, 1.54) is 17.2 Å². The van der Waals surface area contributed by atoms with Crippen LogP contribution in [-0.2, 0) is 0 Å². The maximum Gasteiger partial charge on any atom is 0.132 e. The Hall–Kier alpha value is -2.90. The first-order valence-electron chi connectivity index (χ1n) is 8.35. The second-order valence-electron chi connectivity index (χ2n) is 5.72. The molecule has 0 aliphatic heterocycles. The van der Waals surface area contributed by atoms with Crippen molar-refractivity contribution in [3.05, 3.63) is 120 Å². The van der Waals surface area contributed by atoms with Crippen LogP contribution in [0.15, 0.2) is 109 Å². The first-order valence-corrected chi connectivity index (χ1v) is 8.73. The molecular formula is C24H18ClF. The lowest BCUT2D eigenvalue weighted by Gasteiger charge is -2.02. The van der Waals surface area contributed by atoms with E-state index in [9.17, 15) is 4.39 Å². The van der Waals surface area contributed by atoms with E-state index in [4.69, 9.17) is 11.6 Å². The summed E-state index contributed by atoms with van der Waals surface area (Å²) in [7, 11) is 0. The van der Waals surface area contributed by atoms with E-state index in [-0.39, 0.29) is 5.82 Å². The quantitative estimate of drug-likeness (QED) is 0.347. The summed E-state index contributed by atoms with van der Waals surface area (Å²) in [6.45, 7) is 0. The number of hydrogen-bond donors (Lipinski definition) is 0. The Morgan fingerprint density at radius 1 is 0.500 bits per heavy atom. The molecule has 2 heteroatoms. The van der Waals surface area contributed by atoms with Crippen molar-refractivity contribution in [3.8, 4) is 22.3 Å². The van der Waals surface area contributed by atoms with Crippen molar-refractivity contribution in [3.63, 3.8) is 0 Å². The molecule has 4 aromatic rings. The summed E-state index contributed by atoms with van der Waals surface area (Å²) in [5, 5.41) is 0.419. The van der Waals surface area contributed by atoms with E-state index in [0.717, 1.165) is 5.56 Å². The average Bonchev–Trinajstić information content (AvgIpc) is 2.71. The van der Waals surface area contributed by atoms with Gasteiger partial charge in [0.2, 0.25) is 0 Å². The monoisotopic (exact) mass is 360 g/mol. The van der Waals surface area contributed by atoms with Crippen LogP contribution >= 0.6 is 11.6 Å². The molecule has 0 aliphatic carbocycles. The zero-order chi connectivity index (χ0) is 18.2. The second kappa shape index (κ2) is 8.98. The van der Waals surface area contributed by atoms with Gasteiger partial charge < -0.3 is 0 Å². The molecule has 0 aromatic heterocycles. The lowest BCUT2D eigenvalue weighted by atomic mass is 10.1. The van der Waals surface area contributed by atoms with E-state index in [2.05, 4.69) is 48.5 Å². The largest absolute Gasteiger partial charge is 0.206 e.